The van der Waals surface area contributed by atoms with E-state index in [4.69, 9.17) is 9.47 Å². The summed E-state index contributed by atoms with van der Waals surface area (Å²) < 4.78 is 15.8. The van der Waals surface area contributed by atoms with Gasteiger partial charge in [-0.25, -0.2) is 4.79 Å². The van der Waals surface area contributed by atoms with Gasteiger partial charge in [0.1, 0.15) is 11.4 Å². The topological polar surface area (TPSA) is 89.0 Å². The second-order valence-electron chi connectivity index (χ2n) is 7.98. The van der Waals surface area contributed by atoms with Gasteiger partial charge in [0.25, 0.3) is 0 Å². The molecule has 0 bridgehead atoms. The number of aryl methyl sites for hydroxylation is 3. The number of ether oxygens (including phenoxy) is 2. The van der Waals surface area contributed by atoms with E-state index >= 15 is 0 Å². The van der Waals surface area contributed by atoms with E-state index in [0.717, 1.165) is 50.1 Å². The quantitative estimate of drug-likeness (QED) is 0.414. The predicted octanol–water partition coefficient (Wildman–Crippen LogP) is 3.14. The lowest BCUT2D eigenvalue weighted by Crippen LogP contribution is -2.21. The van der Waals surface area contributed by atoms with Crippen LogP contribution in [0.15, 0.2) is 47.7 Å². The molecule has 0 unspecified atom stereocenters. The molecule has 168 valence electrons. The van der Waals surface area contributed by atoms with Gasteiger partial charge < -0.3 is 9.47 Å². The first-order valence-corrected chi connectivity index (χ1v) is 10.5. The van der Waals surface area contributed by atoms with Crippen LogP contribution in [0.25, 0.3) is 38.8 Å². The van der Waals surface area contributed by atoms with Crippen molar-refractivity contribution >= 4 is 21.9 Å². The van der Waals surface area contributed by atoms with E-state index < -0.39 is 0 Å². The number of benzene rings is 1. The minimum atomic E-state index is -0.145. The van der Waals surface area contributed by atoms with Crippen molar-refractivity contribution in [1.29, 1.82) is 0 Å². The molecule has 0 N–H and O–H groups in total. The minimum Gasteiger partial charge on any atom is -0.495 e. The number of imidazole rings is 1. The number of hydrogen-bond donors (Lipinski definition) is 0. The lowest BCUT2D eigenvalue weighted by molar-refractivity contribution is 0.178. The summed E-state index contributed by atoms with van der Waals surface area (Å²) in [7, 11) is 6.85. The molecule has 0 aliphatic heterocycles. The maximum Gasteiger partial charge on any atom is 0.333 e. The molecule has 0 amide bonds. The standard InChI is InChI=1S/C24H24N6O3/c1-14-21(12-28(2)27-14)30-23-17-8-15(16-9-22(33-5)19(13-32-4)25-10-16)6-7-18(17)26-11-20(23)29(3)24(30)31/h6-12H,13H2,1-5H3. The van der Waals surface area contributed by atoms with Crippen LogP contribution in [0.1, 0.15) is 11.4 Å². The van der Waals surface area contributed by atoms with Crippen molar-refractivity contribution in [2.45, 2.75) is 13.5 Å². The molecule has 0 radical (unpaired) electrons. The molecular weight excluding hydrogens is 420 g/mol. The summed E-state index contributed by atoms with van der Waals surface area (Å²) in [6.07, 6.45) is 5.40. The smallest absolute Gasteiger partial charge is 0.333 e. The van der Waals surface area contributed by atoms with Crippen LogP contribution in [0.4, 0.5) is 0 Å². The molecule has 1 aromatic carbocycles. The zero-order chi connectivity index (χ0) is 23.3. The summed E-state index contributed by atoms with van der Waals surface area (Å²) in [5.74, 6) is 0.661. The average molecular weight is 444 g/mol. The van der Waals surface area contributed by atoms with E-state index in [1.54, 1.807) is 47.5 Å². The molecule has 0 atom stereocenters. The molecule has 5 aromatic rings. The normalized spacial score (nSPS) is 11.5. The molecule has 0 aliphatic carbocycles. The van der Waals surface area contributed by atoms with Gasteiger partial charge in [0.2, 0.25) is 0 Å². The Morgan fingerprint density at radius 1 is 1.03 bits per heavy atom. The summed E-state index contributed by atoms with van der Waals surface area (Å²) in [5, 5.41) is 5.30. The maximum absolute atomic E-state index is 13.3. The number of fused-ring (bicyclic) bond motifs is 3. The molecule has 0 aliphatic rings. The molecule has 4 heterocycles. The molecule has 0 spiro atoms. The highest BCUT2D eigenvalue weighted by atomic mass is 16.5. The molecule has 4 aromatic heterocycles. The van der Waals surface area contributed by atoms with Gasteiger partial charge in [0, 0.05) is 44.5 Å². The number of methoxy groups -OCH3 is 2. The summed E-state index contributed by atoms with van der Waals surface area (Å²) in [6, 6.07) is 7.93. The fraction of sp³-hybridized carbons (Fsp3) is 0.250. The van der Waals surface area contributed by atoms with Crippen LogP contribution in [0.5, 0.6) is 5.75 Å². The van der Waals surface area contributed by atoms with E-state index in [9.17, 15) is 4.79 Å². The van der Waals surface area contributed by atoms with E-state index in [0.29, 0.717) is 12.4 Å². The fourth-order valence-electron chi connectivity index (χ4n) is 4.26. The highest BCUT2D eigenvalue weighted by Crippen LogP contribution is 2.32. The van der Waals surface area contributed by atoms with Crippen molar-refractivity contribution in [1.82, 2.24) is 28.9 Å². The summed E-state index contributed by atoms with van der Waals surface area (Å²) in [4.78, 5) is 22.4. The van der Waals surface area contributed by atoms with Crippen LogP contribution >= 0.6 is 0 Å². The summed E-state index contributed by atoms with van der Waals surface area (Å²) in [5.41, 5.74) is 6.29. The van der Waals surface area contributed by atoms with E-state index in [1.165, 1.54) is 0 Å². The van der Waals surface area contributed by atoms with Crippen molar-refractivity contribution in [3.05, 3.63) is 64.7 Å². The largest absolute Gasteiger partial charge is 0.495 e. The van der Waals surface area contributed by atoms with Crippen LogP contribution in [0.2, 0.25) is 0 Å². The number of hydrogen-bond acceptors (Lipinski definition) is 6. The number of rotatable bonds is 5. The number of aromatic nitrogens is 6. The molecule has 0 fully saturated rings. The van der Waals surface area contributed by atoms with E-state index in [-0.39, 0.29) is 5.69 Å². The Bertz CT molecular complexity index is 1580. The van der Waals surface area contributed by atoms with Crippen LogP contribution in [0, 0.1) is 6.92 Å². The van der Waals surface area contributed by atoms with Crippen LogP contribution < -0.4 is 10.4 Å². The Labute approximate surface area is 189 Å². The third kappa shape index (κ3) is 3.28. The Morgan fingerprint density at radius 3 is 2.55 bits per heavy atom. The summed E-state index contributed by atoms with van der Waals surface area (Å²) >= 11 is 0. The lowest BCUT2D eigenvalue weighted by Gasteiger charge is -2.11. The van der Waals surface area contributed by atoms with Crippen LogP contribution in [-0.4, -0.2) is 43.1 Å². The Balaban J connectivity index is 1.79. The molecule has 0 saturated heterocycles. The predicted molar refractivity (Wildman–Crippen MR) is 126 cm³/mol. The van der Waals surface area contributed by atoms with Gasteiger partial charge in [-0.15, -0.1) is 0 Å². The van der Waals surface area contributed by atoms with Crippen molar-refractivity contribution < 1.29 is 9.47 Å². The van der Waals surface area contributed by atoms with Gasteiger partial charge in [-0.05, 0) is 30.7 Å². The second-order valence-corrected chi connectivity index (χ2v) is 7.98. The molecule has 5 rings (SSSR count). The Morgan fingerprint density at radius 2 is 1.85 bits per heavy atom. The van der Waals surface area contributed by atoms with Crippen molar-refractivity contribution in [3.63, 3.8) is 0 Å². The monoisotopic (exact) mass is 444 g/mol. The van der Waals surface area contributed by atoms with Gasteiger partial charge in [-0.1, -0.05) is 6.07 Å². The van der Waals surface area contributed by atoms with Crippen molar-refractivity contribution in [2.24, 2.45) is 14.1 Å². The van der Waals surface area contributed by atoms with Gasteiger partial charge in [-0.2, -0.15) is 5.10 Å². The zero-order valence-electron chi connectivity index (χ0n) is 19.2. The van der Waals surface area contributed by atoms with E-state index in [2.05, 4.69) is 15.1 Å². The molecule has 33 heavy (non-hydrogen) atoms. The summed E-state index contributed by atoms with van der Waals surface area (Å²) in [6.45, 7) is 2.27. The maximum atomic E-state index is 13.3. The average Bonchev–Trinajstić information content (AvgIpc) is 3.28. The Kier molecular flexibility index (Phi) is 4.98. The number of pyridine rings is 2. The molecule has 9 heteroatoms. The minimum absolute atomic E-state index is 0.145. The zero-order valence-corrected chi connectivity index (χ0v) is 19.2. The fourth-order valence-corrected chi connectivity index (χ4v) is 4.26. The SMILES string of the molecule is COCc1ncc(-c2ccc3ncc4c(c3c2)n(-c2cn(C)nc2C)c(=O)n4C)cc1OC. The van der Waals surface area contributed by atoms with Gasteiger partial charge >= 0.3 is 5.69 Å². The van der Waals surface area contributed by atoms with Gasteiger partial charge in [0.05, 0.1) is 47.8 Å². The second kappa shape index (κ2) is 7.86. The van der Waals surface area contributed by atoms with Crippen molar-refractivity contribution in [3.8, 4) is 22.6 Å². The Hall–Kier alpha value is -3.98. The van der Waals surface area contributed by atoms with E-state index in [1.807, 2.05) is 44.4 Å². The first-order valence-electron chi connectivity index (χ1n) is 10.5. The number of nitrogens with zero attached hydrogens (tertiary/aromatic N) is 6. The highest BCUT2D eigenvalue weighted by molar-refractivity contribution is 6.04. The highest BCUT2D eigenvalue weighted by Gasteiger charge is 2.19. The first kappa shape index (κ1) is 20.9. The molecular formula is C24H24N6O3. The lowest BCUT2D eigenvalue weighted by atomic mass is 10.0. The molecule has 9 nitrogen and oxygen atoms in total. The third-order valence-corrected chi connectivity index (χ3v) is 5.88. The molecule has 0 saturated carbocycles. The van der Waals surface area contributed by atoms with Gasteiger partial charge in [0.15, 0.2) is 0 Å². The third-order valence-electron chi connectivity index (χ3n) is 5.88. The van der Waals surface area contributed by atoms with Crippen LogP contribution in [0.3, 0.4) is 0 Å². The van der Waals surface area contributed by atoms with Crippen molar-refractivity contribution in [2.75, 3.05) is 14.2 Å². The van der Waals surface area contributed by atoms with Crippen LogP contribution in [-0.2, 0) is 25.4 Å². The first-order chi connectivity index (χ1) is 15.9. The van der Waals surface area contributed by atoms with Gasteiger partial charge in [-0.3, -0.25) is 23.8 Å².